The molecule has 2 aromatic rings. The quantitative estimate of drug-likeness (QED) is 0.906. The monoisotopic (exact) mass is 363 g/mol. The molecule has 0 bridgehead atoms. The molecular formula is C11H11BrClN3O2S. The molecule has 102 valence electrons. The Morgan fingerprint density at radius 1 is 1.42 bits per heavy atom. The first-order valence-corrected chi connectivity index (χ1v) is 8.09. The average Bonchev–Trinajstić information content (AvgIpc) is 2.75. The van der Waals surface area contributed by atoms with E-state index in [0.29, 0.717) is 11.0 Å². The third-order valence-electron chi connectivity index (χ3n) is 2.39. The third-order valence-corrected chi connectivity index (χ3v) is 5.20. The van der Waals surface area contributed by atoms with E-state index in [2.05, 4.69) is 25.8 Å². The van der Waals surface area contributed by atoms with Crippen LogP contribution in [0.1, 0.15) is 6.92 Å². The van der Waals surface area contributed by atoms with Crippen LogP contribution in [0, 0.1) is 0 Å². The first-order valence-electron chi connectivity index (χ1n) is 5.44. The van der Waals surface area contributed by atoms with Crippen molar-refractivity contribution in [2.75, 3.05) is 4.72 Å². The summed E-state index contributed by atoms with van der Waals surface area (Å²) in [5, 5.41) is 4.22. The Morgan fingerprint density at radius 2 is 2.16 bits per heavy atom. The SMILES string of the molecule is CCn1ccc(NS(=O)(=O)c2c(Cl)cccc2Br)n1. The number of anilines is 1. The molecule has 1 N–H and O–H groups in total. The van der Waals surface area contributed by atoms with Crippen molar-refractivity contribution < 1.29 is 8.42 Å². The largest absolute Gasteiger partial charge is 0.271 e. The standard InChI is InChI=1S/C11H11BrClN3O2S/c1-2-16-7-6-10(14-16)15-19(17,18)11-8(12)4-3-5-9(11)13/h3-7H,2H2,1H3,(H,14,15). The van der Waals surface area contributed by atoms with Crippen molar-refractivity contribution >= 4 is 43.4 Å². The van der Waals surface area contributed by atoms with Gasteiger partial charge in [-0.25, -0.2) is 8.42 Å². The Morgan fingerprint density at radius 3 is 2.74 bits per heavy atom. The number of hydrogen-bond donors (Lipinski definition) is 1. The van der Waals surface area contributed by atoms with Gasteiger partial charge in [-0.15, -0.1) is 0 Å². The fraction of sp³-hybridized carbons (Fsp3) is 0.182. The lowest BCUT2D eigenvalue weighted by Gasteiger charge is -2.09. The summed E-state index contributed by atoms with van der Waals surface area (Å²) in [4.78, 5) is 0.00251. The Hall–Kier alpha value is -1.05. The molecule has 0 aliphatic carbocycles. The van der Waals surface area contributed by atoms with Crippen LogP contribution in [0.4, 0.5) is 5.82 Å². The van der Waals surface area contributed by atoms with E-state index < -0.39 is 10.0 Å². The molecule has 0 radical (unpaired) electrons. The van der Waals surface area contributed by atoms with E-state index in [4.69, 9.17) is 11.6 Å². The zero-order valence-corrected chi connectivity index (χ0v) is 13.1. The van der Waals surface area contributed by atoms with E-state index in [9.17, 15) is 8.42 Å². The second-order valence-electron chi connectivity index (χ2n) is 3.71. The van der Waals surface area contributed by atoms with E-state index in [0.717, 1.165) is 0 Å². The molecule has 0 aliphatic heterocycles. The molecule has 8 heteroatoms. The van der Waals surface area contributed by atoms with Gasteiger partial charge in [-0.1, -0.05) is 17.7 Å². The summed E-state index contributed by atoms with van der Waals surface area (Å²) in [6.45, 7) is 2.58. The number of aryl methyl sites for hydroxylation is 1. The second-order valence-corrected chi connectivity index (χ2v) is 6.59. The minimum atomic E-state index is -3.77. The average molecular weight is 365 g/mol. The van der Waals surface area contributed by atoms with Gasteiger partial charge in [0.25, 0.3) is 10.0 Å². The van der Waals surface area contributed by atoms with Crippen molar-refractivity contribution in [1.29, 1.82) is 0 Å². The third kappa shape index (κ3) is 3.10. The molecule has 19 heavy (non-hydrogen) atoms. The molecule has 1 heterocycles. The van der Waals surface area contributed by atoms with E-state index >= 15 is 0 Å². The van der Waals surface area contributed by atoms with E-state index in [-0.39, 0.29) is 15.7 Å². The number of hydrogen-bond acceptors (Lipinski definition) is 3. The van der Waals surface area contributed by atoms with Crippen LogP contribution >= 0.6 is 27.5 Å². The van der Waals surface area contributed by atoms with Gasteiger partial charge in [0.05, 0.1) is 5.02 Å². The smallest absolute Gasteiger partial charge is 0.265 e. The number of benzene rings is 1. The molecule has 0 aliphatic rings. The molecule has 0 amide bonds. The van der Waals surface area contributed by atoms with Gasteiger partial charge in [-0.3, -0.25) is 9.40 Å². The van der Waals surface area contributed by atoms with Crippen LogP contribution in [0.5, 0.6) is 0 Å². The lowest BCUT2D eigenvalue weighted by atomic mass is 10.4. The maximum Gasteiger partial charge on any atom is 0.265 e. The molecule has 2 rings (SSSR count). The zero-order chi connectivity index (χ0) is 14.0. The van der Waals surface area contributed by atoms with Crippen LogP contribution in [-0.4, -0.2) is 18.2 Å². The molecule has 0 unspecified atom stereocenters. The van der Waals surface area contributed by atoms with Gasteiger partial charge in [0.1, 0.15) is 4.90 Å². The fourth-order valence-corrected chi connectivity index (χ4v) is 4.25. The number of aromatic nitrogens is 2. The van der Waals surface area contributed by atoms with Gasteiger partial charge in [0, 0.05) is 23.3 Å². The fourth-order valence-electron chi connectivity index (χ4n) is 1.52. The molecule has 1 aromatic heterocycles. The highest BCUT2D eigenvalue weighted by molar-refractivity contribution is 9.10. The predicted octanol–water partition coefficient (Wildman–Crippen LogP) is 3.12. The van der Waals surface area contributed by atoms with Gasteiger partial charge < -0.3 is 0 Å². The maximum atomic E-state index is 12.3. The number of sulfonamides is 1. The van der Waals surface area contributed by atoms with Gasteiger partial charge in [-0.05, 0) is 35.0 Å². The van der Waals surface area contributed by atoms with Crippen LogP contribution < -0.4 is 4.72 Å². The van der Waals surface area contributed by atoms with Crippen molar-refractivity contribution in [3.05, 3.63) is 40.0 Å². The zero-order valence-electron chi connectivity index (χ0n) is 9.97. The van der Waals surface area contributed by atoms with Gasteiger partial charge in [0.15, 0.2) is 5.82 Å². The number of nitrogens with one attached hydrogen (secondary N) is 1. The van der Waals surface area contributed by atoms with Crippen molar-refractivity contribution in [2.45, 2.75) is 18.4 Å². The van der Waals surface area contributed by atoms with E-state index in [1.165, 1.54) is 6.07 Å². The van der Waals surface area contributed by atoms with Crippen LogP contribution in [0.2, 0.25) is 5.02 Å². The molecule has 1 aromatic carbocycles. The first kappa shape index (κ1) is 14.4. The molecule has 0 atom stereocenters. The summed E-state index contributed by atoms with van der Waals surface area (Å²) in [6, 6.07) is 6.39. The summed E-state index contributed by atoms with van der Waals surface area (Å²) in [5.74, 6) is 0.258. The second kappa shape index (κ2) is 5.52. The van der Waals surface area contributed by atoms with Crippen molar-refractivity contribution in [1.82, 2.24) is 9.78 Å². The number of halogens is 2. The lowest BCUT2D eigenvalue weighted by Crippen LogP contribution is -2.14. The van der Waals surface area contributed by atoms with Gasteiger partial charge in [0.2, 0.25) is 0 Å². The van der Waals surface area contributed by atoms with E-state index in [1.54, 1.807) is 29.1 Å². The van der Waals surface area contributed by atoms with Crippen molar-refractivity contribution in [3.63, 3.8) is 0 Å². The molecule has 0 spiro atoms. The summed E-state index contributed by atoms with van der Waals surface area (Å²) >= 11 is 9.12. The minimum Gasteiger partial charge on any atom is -0.271 e. The highest BCUT2D eigenvalue weighted by Crippen LogP contribution is 2.30. The highest BCUT2D eigenvalue weighted by atomic mass is 79.9. The van der Waals surface area contributed by atoms with Gasteiger partial charge in [-0.2, -0.15) is 5.10 Å². The Balaban J connectivity index is 2.38. The minimum absolute atomic E-state index is 0.00251. The topological polar surface area (TPSA) is 64.0 Å². The summed E-state index contributed by atoms with van der Waals surface area (Å²) in [7, 11) is -3.77. The van der Waals surface area contributed by atoms with Crippen LogP contribution in [0.25, 0.3) is 0 Å². The van der Waals surface area contributed by atoms with Crippen molar-refractivity contribution in [2.24, 2.45) is 0 Å². The molecule has 0 saturated heterocycles. The summed E-state index contributed by atoms with van der Waals surface area (Å²) in [6.07, 6.45) is 1.69. The van der Waals surface area contributed by atoms with Crippen LogP contribution in [-0.2, 0) is 16.6 Å². The Kier molecular flexibility index (Phi) is 4.17. The number of nitrogens with zero attached hydrogens (tertiary/aromatic N) is 2. The molecule has 5 nitrogen and oxygen atoms in total. The highest BCUT2D eigenvalue weighted by Gasteiger charge is 2.22. The number of rotatable bonds is 4. The lowest BCUT2D eigenvalue weighted by molar-refractivity contribution is 0.600. The van der Waals surface area contributed by atoms with Crippen LogP contribution in [0.15, 0.2) is 39.8 Å². The summed E-state index contributed by atoms with van der Waals surface area (Å²) < 4.78 is 29.0. The maximum absolute atomic E-state index is 12.3. The predicted molar refractivity (Wildman–Crippen MR) is 77.9 cm³/mol. The molecular weight excluding hydrogens is 354 g/mol. The van der Waals surface area contributed by atoms with Crippen molar-refractivity contribution in [3.8, 4) is 0 Å². The Bertz CT molecular complexity index is 679. The molecule has 0 fully saturated rings. The van der Waals surface area contributed by atoms with Gasteiger partial charge >= 0.3 is 0 Å². The first-order chi connectivity index (χ1) is 8.94. The van der Waals surface area contributed by atoms with Crippen LogP contribution in [0.3, 0.4) is 0 Å². The normalized spacial score (nSPS) is 11.5. The molecule has 0 saturated carbocycles. The summed E-state index contributed by atoms with van der Waals surface area (Å²) in [5.41, 5.74) is 0. The van der Waals surface area contributed by atoms with E-state index in [1.807, 2.05) is 6.92 Å². The Labute approximate surface area is 124 Å².